The van der Waals surface area contributed by atoms with E-state index in [1.54, 1.807) is 31.4 Å². The summed E-state index contributed by atoms with van der Waals surface area (Å²) >= 11 is 0. The minimum absolute atomic E-state index is 0.363. The van der Waals surface area contributed by atoms with Crippen LogP contribution in [-0.4, -0.2) is 22.3 Å². The van der Waals surface area contributed by atoms with E-state index in [9.17, 15) is 0 Å². The van der Waals surface area contributed by atoms with E-state index in [4.69, 9.17) is 10.00 Å². The van der Waals surface area contributed by atoms with E-state index in [-0.39, 0.29) is 0 Å². The van der Waals surface area contributed by atoms with Crippen LogP contribution in [0.15, 0.2) is 54.7 Å². The highest BCUT2D eigenvalue weighted by atomic mass is 16.5. The normalized spacial score (nSPS) is 9.83. The molecule has 0 radical (unpaired) electrons. The summed E-state index contributed by atoms with van der Waals surface area (Å²) in [6, 6.07) is 16.6. The van der Waals surface area contributed by atoms with Gasteiger partial charge in [0.05, 0.1) is 24.9 Å². The average molecular weight is 318 g/mol. The maximum absolute atomic E-state index is 8.81. The zero-order chi connectivity index (χ0) is 16.8. The quantitative estimate of drug-likeness (QED) is 0.745. The molecule has 3 rings (SSSR count). The molecular weight excluding hydrogens is 304 g/mol. The first kappa shape index (κ1) is 15.2. The molecule has 24 heavy (non-hydrogen) atoms. The minimum Gasteiger partial charge on any atom is -0.497 e. The molecule has 0 saturated carbocycles. The number of hydrogen-bond acceptors (Lipinski definition) is 7. The van der Waals surface area contributed by atoms with Crippen LogP contribution < -0.4 is 15.4 Å². The van der Waals surface area contributed by atoms with Gasteiger partial charge in [0.1, 0.15) is 5.75 Å². The van der Waals surface area contributed by atoms with E-state index in [0.717, 1.165) is 17.1 Å². The Bertz CT molecular complexity index is 873. The highest BCUT2D eigenvalue weighted by Crippen LogP contribution is 2.20. The molecule has 7 heteroatoms. The third-order valence-electron chi connectivity index (χ3n) is 3.17. The number of nitriles is 1. The second-order valence-electron chi connectivity index (χ2n) is 4.84. The van der Waals surface area contributed by atoms with Crippen LogP contribution in [0.4, 0.5) is 23.1 Å². The lowest BCUT2D eigenvalue weighted by atomic mass is 10.2. The monoisotopic (exact) mass is 318 g/mol. The van der Waals surface area contributed by atoms with Gasteiger partial charge < -0.3 is 15.4 Å². The highest BCUT2D eigenvalue weighted by Gasteiger charge is 2.03. The van der Waals surface area contributed by atoms with Crippen LogP contribution >= 0.6 is 0 Å². The number of ether oxygens (including phenoxy) is 1. The van der Waals surface area contributed by atoms with E-state index >= 15 is 0 Å². The number of benzene rings is 2. The van der Waals surface area contributed by atoms with Gasteiger partial charge in [-0.15, -0.1) is 5.10 Å². The number of aromatic nitrogens is 3. The number of anilines is 4. The van der Waals surface area contributed by atoms with Gasteiger partial charge >= 0.3 is 0 Å². The van der Waals surface area contributed by atoms with Crippen LogP contribution in [0.25, 0.3) is 0 Å². The summed E-state index contributed by atoms with van der Waals surface area (Å²) in [5.41, 5.74) is 2.20. The Morgan fingerprint density at radius 1 is 1.04 bits per heavy atom. The molecule has 0 saturated heterocycles. The molecular formula is C17H14N6O. The lowest BCUT2D eigenvalue weighted by Gasteiger charge is -2.08. The largest absolute Gasteiger partial charge is 0.497 e. The summed E-state index contributed by atoms with van der Waals surface area (Å²) in [5, 5.41) is 22.9. The first-order valence-corrected chi connectivity index (χ1v) is 7.15. The van der Waals surface area contributed by atoms with Crippen LogP contribution in [0.5, 0.6) is 5.75 Å². The molecule has 0 aliphatic heterocycles. The van der Waals surface area contributed by atoms with Gasteiger partial charge in [-0.05, 0) is 36.4 Å². The molecule has 0 bridgehead atoms. The summed E-state index contributed by atoms with van der Waals surface area (Å²) in [6.45, 7) is 0. The number of nitrogens with zero attached hydrogens (tertiary/aromatic N) is 4. The number of methoxy groups -OCH3 is 1. The van der Waals surface area contributed by atoms with Crippen molar-refractivity contribution in [3.05, 3.63) is 60.3 Å². The topological polar surface area (TPSA) is 95.8 Å². The van der Waals surface area contributed by atoms with Crippen molar-refractivity contribution in [2.24, 2.45) is 0 Å². The second-order valence-corrected chi connectivity index (χ2v) is 4.84. The molecule has 2 aromatic carbocycles. The Hall–Kier alpha value is -3.66. The maximum atomic E-state index is 8.81. The van der Waals surface area contributed by atoms with Gasteiger partial charge in [-0.25, -0.2) is 0 Å². The highest BCUT2D eigenvalue weighted by molar-refractivity contribution is 5.60. The first-order chi connectivity index (χ1) is 11.8. The molecule has 1 heterocycles. The van der Waals surface area contributed by atoms with Crippen molar-refractivity contribution < 1.29 is 4.74 Å². The van der Waals surface area contributed by atoms with Gasteiger partial charge in [-0.1, -0.05) is 6.07 Å². The van der Waals surface area contributed by atoms with Gasteiger partial charge in [-0.2, -0.15) is 15.3 Å². The van der Waals surface area contributed by atoms with Crippen molar-refractivity contribution in [1.29, 1.82) is 5.26 Å². The van der Waals surface area contributed by atoms with Crippen molar-refractivity contribution in [3.8, 4) is 11.8 Å². The lowest BCUT2D eigenvalue weighted by Crippen LogP contribution is -2.02. The summed E-state index contributed by atoms with van der Waals surface area (Å²) in [7, 11) is 1.61. The average Bonchev–Trinajstić information content (AvgIpc) is 2.63. The Morgan fingerprint density at radius 3 is 2.62 bits per heavy atom. The predicted molar refractivity (Wildman–Crippen MR) is 90.5 cm³/mol. The molecule has 0 fully saturated rings. The van der Waals surface area contributed by atoms with E-state index in [1.165, 1.54) is 6.20 Å². The van der Waals surface area contributed by atoms with Crippen molar-refractivity contribution in [3.63, 3.8) is 0 Å². The van der Waals surface area contributed by atoms with E-state index < -0.39 is 0 Å². The molecule has 2 N–H and O–H groups in total. The van der Waals surface area contributed by atoms with Gasteiger partial charge in [-0.3, -0.25) is 0 Å². The lowest BCUT2D eigenvalue weighted by molar-refractivity contribution is 0.415. The predicted octanol–water partition coefficient (Wildman–Crippen LogP) is 3.24. The maximum Gasteiger partial charge on any atom is 0.249 e. The number of rotatable bonds is 5. The minimum atomic E-state index is 0.363. The van der Waals surface area contributed by atoms with Crippen LogP contribution in [-0.2, 0) is 0 Å². The molecule has 0 spiro atoms. The smallest absolute Gasteiger partial charge is 0.249 e. The molecule has 0 amide bonds. The van der Waals surface area contributed by atoms with E-state index in [2.05, 4.69) is 31.9 Å². The van der Waals surface area contributed by atoms with Crippen molar-refractivity contribution in [1.82, 2.24) is 15.2 Å². The van der Waals surface area contributed by atoms with E-state index in [0.29, 0.717) is 17.3 Å². The summed E-state index contributed by atoms with van der Waals surface area (Å²) in [6.07, 6.45) is 1.52. The molecule has 1 aromatic heterocycles. The Balaban J connectivity index is 1.74. The van der Waals surface area contributed by atoms with E-state index in [1.807, 2.05) is 24.3 Å². The molecule has 7 nitrogen and oxygen atoms in total. The third kappa shape index (κ3) is 3.75. The molecule has 118 valence electrons. The Morgan fingerprint density at radius 2 is 1.88 bits per heavy atom. The van der Waals surface area contributed by atoms with Gasteiger partial charge in [0.2, 0.25) is 5.95 Å². The second kappa shape index (κ2) is 7.07. The van der Waals surface area contributed by atoms with Gasteiger partial charge in [0, 0.05) is 17.4 Å². The van der Waals surface area contributed by atoms with Crippen LogP contribution in [0.2, 0.25) is 0 Å². The fraction of sp³-hybridized carbons (Fsp3) is 0.0588. The number of hydrogen-bond donors (Lipinski definition) is 2. The summed E-state index contributed by atoms with van der Waals surface area (Å²) in [4.78, 5) is 4.36. The van der Waals surface area contributed by atoms with Gasteiger partial charge in [0.15, 0.2) is 5.82 Å². The van der Waals surface area contributed by atoms with Gasteiger partial charge in [0.25, 0.3) is 0 Å². The molecule has 0 aliphatic rings. The Kier molecular flexibility index (Phi) is 4.49. The zero-order valence-electron chi connectivity index (χ0n) is 12.9. The first-order valence-electron chi connectivity index (χ1n) is 7.15. The molecule has 0 atom stereocenters. The van der Waals surface area contributed by atoms with Crippen molar-refractivity contribution in [2.45, 2.75) is 0 Å². The summed E-state index contributed by atoms with van der Waals surface area (Å²) in [5.74, 6) is 1.64. The SMILES string of the molecule is COc1cccc(Nc2nncc(Nc3ccc(C#N)cc3)n2)c1. The standard InChI is InChI=1S/C17H14N6O/c1-24-15-4-2-3-14(9-15)21-17-22-16(11-19-23-17)20-13-7-5-12(10-18)6-8-13/h2-9,11H,1H3,(H2,20,21,22,23). The number of nitrogens with one attached hydrogen (secondary N) is 2. The molecule has 3 aromatic rings. The third-order valence-corrected chi connectivity index (χ3v) is 3.17. The molecule has 0 aliphatic carbocycles. The van der Waals surface area contributed by atoms with Crippen LogP contribution in [0, 0.1) is 11.3 Å². The van der Waals surface area contributed by atoms with Crippen LogP contribution in [0.3, 0.4) is 0 Å². The fourth-order valence-electron chi connectivity index (χ4n) is 2.02. The van der Waals surface area contributed by atoms with Crippen molar-refractivity contribution in [2.75, 3.05) is 17.7 Å². The fourth-order valence-corrected chi connectivity index (χ4v) is 2.02. The molecule has 0 unspecified atom stereocenters. The van der Waals surface area contributed by atoms with Crippen molar-refractivity contribution >= 4 is 23.1 Å². The zero-order valence-corrected chi connectivity index (χ0v) is 12.9. The van der Waals surface area contributed by atoms with Crippen LogP contribution in [0.1, 0.15) is 5.56 Å². The summed E-state index contributed by atoms with van der Waals surface area (Å²) < 4.78 is 5.18. The Labute approximate surface area is 139 Å².